The number of rotatable bonds is 5. The Balaban J connectivity index is 2.99. The van der Waals surface area contributed by atoms with E-state index < -0.39 is 11.9 Å². The largest absolute Gasteiger partial charge is 0.478 e. The van der Waals surface area contributed by atoms with Crippen molar-refractivity contribution in [1.29, 1.82) is 0 Å². The van der Waals surface area contributed by atoms with Crippen LogP contribution in [0.3, 0.4) is 0 Å². The average molecular weight is 261 g/mol. The van der Waals surface area contributed by atoms with Crippen molar-refractivity contribution in [2.45, 2.75) is 13.8 Å². The van der Waals surface area contributed by atoms with Crippen LogP contribution in [-0.2, 0) is 9.59 Å². The number of hydrogen-bond acceptors (Lipinski definition) is 3. The number of carbonyl (C=O) groups is 2. The molecule has 0 atom stereocenters. The maximum absolute atomic E-state index is 11.0. The van der Waals surface area contributed by atoms with Gasteiger partial charge >= 0.3 is 11.9 Å². The van der Waals surface area contributed by atoms with Crippen molar-refractivity contribution < 1.29 is 19.8 Å². The second-order valence-corrected chi connectivity index (χ2v) is 3.99. The number of nitrogens with one attached hydrogen (secondary N) is 1. The molecule has 0 saturated carbocycles. The zero-order valence-electron chi connectivity index (χ0n) is 10.7. The van der Waals surface area contributed by atoms with E-state index in [4.69, 9.17) is 10.2 Å². The van der Waals surface area contributed by atoms with E-state index in [-0.39, 0.29) is 5.57 Å². The fourth-order valence-electron chi connectivity index (χ4n) is 1.53. The fourth-order valence-corrected chi connectivity index (χ4v) is 1.53. The topological polar surface area (TPSA) is 86.6 Å². The molecule has 0 fully saturated rings. The summed E-state index contributed by atoms with van der Waals surface area (Å²) in [7, 11) is 0. The van der Waals surface area contributed by atoms with E-state index in [0.717, 1.165) is 29.0 Å². The monoisotopic (exact) mass is 261 g/mol. The van der Waals surface area contributed by atoms with Crippen LogP contribution in [0.5, 0.6) is 0 Å². The lowest BCUT2D eigenvalue weighted by molar-refractivity contribution is -0.132. The number of benzene rings is 1. The summed E-state index contributed by atoms with van der Waals surface area (Å²) < 4.78 is 0. The molecule has 0 aliphatic heterocycles. The summed E-state index contributed by atoms with van der Waals surface area (Å²) in [5, 5.41) is 20.3. The average Bonchev–Trinajstić information content (AvgIpc) is 2.31. The Morgan fingerprint density at radius 2 is 1.68 bits per heavy atom. The van der Waals surface area contributed by atoms with Crippen LogP contribution in [-0.4, -0.2) is 22.2 Å². The van der Waals surface area contributed by atoms with Crippen molar-refractivity contribution in [2.75, 3.05) is 5.32 Å². The van der Waals surface area contributed by atoms with Gasteiger partial charge in [-0.15, -0.1) is 0 Å². The SMILES string of the molecule is Cc1cccc(C)c1NC=C(C=CC(=O)O)C(=O)O. The third kappa shape index (κ3) is 4.31. The van der Waals surface area contributed by atoms with Crippen molar-refractivity contribution in [3.05, 3.63) is 53.3 Å². The summed E-state index contributed by atoms with van der Waals surface area (Å²) >= 11 is 0. The normalized spacial score (nSPS) is 11.6. The lowest BCUT2D eigenvalue weighted by Crippen LogP contribution is -2.03. The Morgan fingerprint density at radius 3 is 2.16 bits per heavy atom. The molecule has 19 heavy (non-hydrogen) atoms. The van der Waals surface area contributed by atoms with Gasteiger partial charge in [0.15, 0.2) is 0 Å². The number of aliphatic carboxylic acids is 2. The van der Waals surface area contributed by atoms with Gasteiger partial charge in [-0.25, -0.2) is 9.59 Å². The lowest BCUT2D eigenvalue weighted by Gasteiger charge is -2.09. The van der Waals surface area contributed by atoms with Crippen molar-refractivity contribution in [2.24, 2.45) is 0 Å². The summed E-state index contributed by atoms with van der Waals surface area (Å²) in [6.07, 6.45) is 3.09. The zero-order chi connectivity index (χ0) is 14.4. The van der Waals surface area contributed by atoms with E-state index in [2.05, 4.69) is 5.32 Å². The van der Waals surface area contributed by atoms with Crippen LogP contribution in [0, 0.1) is 13.8 Å². The number of aryl methyl sites for hydroxylation is 2. The highest BCUT2D eigenvalue weighted by atomic mass is 16.4. The lowest BCUT2D eigenvalue weighted by atomic mass is 10.1. The van der Waals surface area contributed by atoms with Gasteiger partial charge in [-0.1, -0.05) is 18.2 Å². The first-order chi connectivity index (χ1) is 8.91. The van der Waals surface area contributed by atoms with Gasteiger partial charge in [-0.3, -0.25) is 0 Å². The second kappa shape index (κ2) is 6.39. The highest BCUT2D eigenvalue weighted by Gasteiger charge is 2.05. The second-order valence-electron chi connectivity index (χ2n) is 3.99. The minimum Gasteiger partial charge on any atom is -0.478 e. The van der Waals surface area contributed by atoms with E-state index >= 15 is 0 Å². The van der Waals surface area contributed by atoms with Gasteiger partial charge < -0.3 is 15.5 Å². The van der Waals surface area contributed by atoms with Gasteiger partial charge in [0.2, 0.25) is 0 Å². The highest BCUT2D eigenvalue weighted by molar-refractivity contribution is 5.92. The Labute approximate surface area is 110 Å². The molecular weight excluding hydrogens is 246 g/mol. The maximum atomic E-state index is 11.0. The molecule has 0 unspecified atom stereocenters. The Hall–Kier alpha value is -2.56. The van der Waals surface area contributed by atoms with Gasteiger partial charge in [0.25, 0.3) is 0 Å². The molecule has 5 nitrogen and oxygen atoms in total. The molecule has 100 valence electrons. The fraction of sp³-hybridized carbons (Fsp3) is 0.143. The first-order valence-electron chi connectivity index (χ1n) is 5.59. The summed E-state index contributed by atoms with van der Waals surface area (Å²) in [4.78, 5) is 21.3. The zero-order valence-corrected chi connectivity index (χ0v) is 10.7. The molecule has 3 N–H and O–H groups in total. The first kappa shape index (κ1) is 14.5. The Morgan fingerprint density at radius 1 is 1.11 bits per heavy atom. The van der Waals surface area contributed by atoms with Crippen LogP contribution < -0.4 is 5.32 Å². The standard InChI is InChI=1S/C14H15NO4/c1-9-4-3-5-10(2)13(9)15-8-11(14(18)19)6-7-12(16)17/h3-8,15H,1-2H3,(H,16,17)(H,18,19). The number of carboxylic acid groups (broad SMARTS) is 2. The highest BCUT2D eigenvalue weighted by Crippen LogP contribution is 2.19. The summed E-state index contributed by atoms with van der Waals surface area (Å²) in [5.41, 5.74) is 2.63. The smallest absolute Gasteiger partial charge is 0.337 e. The van der Waals surface area contributed by atoms with E-state index in [9.17, 15) is 9.59 Å². The molecule has 1 aromatic rings. The van der Waals surface area contributed by atoms with Crippen LogP contribution in [0.15, 0.2) is 42.1 Å². The molecule has 0 aliphatic rings. The molecule has 0 aliphatic carbocycles. The Bertz CT molecular complexity index is 538. The predicted octanol–water partition coefficient (Wildman–Crippen LogP) is 2.32. The van der Waals surface area contributed by atoms with Gasteiger partial charge in [-0.05, 0) is 31.1 Å². The maximum Gasteiger partial charge on any atom is 0.337 e. The Kier molecular flexibility index (Phi) is 4.88. The molecule has 0 amide bonds. The summed E-state index contributed by atoms with van der Waals surface area (Å²) in [5.74, 6) is -2.39. The van der Waals surface area contributed by atoms with Gasteiger partial charge in [0.05, 0.1) is 5.57 Å². The van der Waals surface area contributed by atoms with Crippen LogP contribution in [0.4, 0.5) is 5.69 Å². The molecule has 5 heteroatoms. The molecule has 0 heterocycles. The minimum absolute atomic E-state index is 0.134. The van der Waals surface area contributed by atoms with E-state index in [1.807, 2.05) is 32.0 Å². The summed E-state index contributed by atoms with van der Waals surface area (Å²) in [6, 6.07) is 5.70. The molecule has 0 bridgehead atoms. The van der Waals surface area contributed by atoms with Crippen molar-refractivity contribution in [3.63, 3.8) is 0 Å². The molecular formula is C14H15NO4. The van der Waals surface area contributed by atoms with Crippen LogP contribution in [0.25, 0.3) is 0 Å². The van der Waals surface area contributed by atoms with Gasteiger partial charge in [-0.2, -0.15) is 0 Å². The molecule has 0 spiro atoms. The van der Waals surface area contributed by atoms with E-state index in [1.54, 1.807) is 0 Å². The number of carboxylic acids is 2. The van der Waals surface area contributed by atoms with Gasteiger partial charge in [0, 0.05) is 18.0 Å². The third-order valence-electron chi connectivity index (χ3n) is 2.51. The molecule has 1 rings (SSSR count). The van der Waals surface area contributed by atoms with Crippen LogP contribution in [0.1, 0.15) is 11.1 Å². The minimum atomic E-state index is -1.20. The molecule has 0 radical (unpaired) electrons. The first-order valence-corrected chi connectivity index (χ1v) is 5.59. The van der Waals surface area contributed by atoms with E-state index in [1.165, 1.54) is 6.20 Å². The number of anilines is 1. The predicted molar refractivity (Wildman–Crippen MR) is 72.0 cm³/mol. The molecule has 1 aromatic carbocycles. The van der Waals surface area contributed by atoms with Crippen molar-refractivity contribution in [3.8, 4) is 0 Å². The quantitative estimate of drug-likeness (QED) is 0.559. The van der Waals surface area contributed by atoms with Crippen molar-refractivity contribution in [1.82, 2.24) is 0 Å². The molecule has 0 saturated heterocycles. The summed E-state index contributed by atoms with van der Waals surface area (Å²) in [6.45, 7) is 3.80. The molecule has 0 aromatic heterocycles. The number of hydrogen-bond donors (Lipinski definition) is 3. The van der Waals surface area contributed by atoms with Crippen molar-refractivity contribution >= 4 is 17.6 Å². The van der Waals surface area contributed by atoms with Crippen LogP contribution in [0.2, 0.25) is 0 Å². The number of para-hydroxylation sites is 1. The van der Waals surface area contributed by atoms with Crippen LogP contribution >= 0.6 is 0 Å². The van der Waals surface area contributed by atoms with E-state index in [0.29, 0.717) is 0 Å². The van der Waals surface area contributed by atoms with Gasteiger partial charge in [0.1, 0.15) is 0 Å². The third-order valence-corrected chi connectivity index (χ3v) is 2.51.